The van der Waals surface area contributed by atoms with E-state index in [0.717, 1.165) is 42.0 Å². The molecule has 28 heavy (non-hydrogen) atoms. The molecule has 1 aromatic heterocycles. The van der Waals surface area contributed by atoms with Crippen molar-refractivity contribution in [2.24, 2.45) is 0 Å². The van der Waals surface area contributed by atoms with Crippen LogP contribution < -0.4 is 10.2 Å². The van der Waals surface area contributed by atoms with Gasteiger partial charge in [0.1, 0.15) is 0 Å². The summed E-state index contributed by atoms with van der Waals surface area (Å²) in [5.74, 6) is 0.775. The normalized spacial score (nSPS) is 16.2. The molecule has 0 radical (unpaired) electrons. The molecule has 3 rings (SSSR count). The van der Waals surface area contributed by atoms with Crippen molar-refractivity contribution in [3.8, 4) is 0 Å². The van der Waals surface area contributed by atoms with Gasteiger partial charge in [-0.3, -0.25) is 4.55 Å². The summed E-state index contributed by atoms with van der Waals surface area (Å²) in [5.41, 5.74) is 1.06. The van der Waals surface area contributed by atoms with Gasteiger partial charge in [0.25, 0.3) is 10.1 Å². The first-order valence-corrected chi connectivity index (χ1v) is 11.3. The van der Waals surface area contributed by atoms with E-state index in [9.17, 15) is 8.42 Å². The zero-order chi connectivity index (χ0) is 20.0. The van der Waals surface area contributed by atoms with Crippen LogP contribution >= 0.6 is 39.1 Å². The number of rotatable bonds is 4. The summed E-state index contributed by atoms with van der Waals surface area (Å²) >= 11 is 15.5. The number of hydrogen-bond acceptors (Lipinski definition) is 6. The smallest absolute Gasteiger partial charge is 0.261 e. The second kappa shape index (κ2) is 11.2. The van der Waals surface area contributed by atoms with Crippen molar-refractivity contribution in [1.82, 2.24) is 15.3 Å². The van der Waals surface area contributed by atoms with E-state index in [-0.39, 0.29) is 5.48 Å². The fraction of sp³-hybridized carbons (Fsp3) is 0.375. The first-order valence-electron chi connectivity index (χ1n) is 7.94. The summed E-state index contributed by atoms with van der Waals surface area (Å²) in [4.78, 5) is 10.9. The van der Waals surface area contributed by atoms with Crippen LogP contribution in [0.4, 0.5) is 5.95 Å². The highest BCUT2D eigenvalue weighted by molar-refractivity contribution is 9.10. The molecule has 1 aliphatic rings. The van der Waals surface area contributed by atoms with Crippen molar-refractivity contribution >= 4 is 55.2 Å². The van der Waals surface area contributed by atoms with Gasteiger partial charge in [-0.15, -0.1) is 0 Å². The second-order valence-electron chi connectivity index (χ2n) is 5.98. The first kappa shape index (κ1) is 25.0. The lowest BCUT2D eigenvalue weighted by molar-refractivity contribution is 0.490. The molecule has 0 unspecified atom stereocenters. The Morgan fingerprint density at radius 3 is 2.50 bits per heavy atom. The van der Waals surface area contributed by atoms with Crippen LogP contribution in [0, 0.1) is 0 Å². The molecule has 156 valence electrons. The minimum Gasteiger partial charge on any atom is -0.412 e. The van der Waals surface area contributed by atoms with Crippen molar-refractivity contribution < 1.29 is 18.4 Å². The number of anilines is 1. The largest absolute Gasteiger partial charge is 0.412 e. The fourth-order valence-corrected chi connectivity index (χ4v) is 3.18. The van der Waals surface area contributed by atoms with Crippen LogP contribution in [0.25, 0.3) is 0 Å². The molecule has 1 aromatic carbocycles. The van der Waals surface area contributed by atoms with Crippen molar-refractivity contribution in [2.45, 2.75) is 19.0 Å². The maximum Gasteiger partial charge on any atom is 0.261 e. The molecule has 1 fully saturated rings. The summed E-state index contributed by atoms with van der Waals surface area (Å²) < 4.78 is 26.8. The third-order valence-corrected chi connectivity index (χ3v) is 4.67. The molecule has 12 heteroatoms. The zero-order valence-electron chi connectivity index (χ0n) is 14.9. The van der Waals surface area contributed by atoms with Crippen LogP contribution in [0.5, 0.6) is 0 Å². The molecule has 2 heterocycles. The van der Waals surface area contributed by atoms with Gasteiger partial charge in [0.15, 0.2) is 0 Å². The van der Waals surface area contributed by atoms with Gasteiger partial charge in [-0.1, -0.05) is 29.3 Å². The Morgan fingerprint density at radius 2 is 1.93 bits per heavy atom. The molecule has 1 aliphatic heterocycles. The van der Waals surface area contributed by atoms with E-state index < -0.39 is 10.1 Å². The van der Waals surface area contributed by atoms with E-state index in [1.165, 1.54) is 0 Å². The van der Waals surface area contributed by atoms with Gasteiger partial charge < -0.3 is 15.7 Å². The number of nitrogens with zero attached hydrogens (tertiary/aromatic N) is 3. The Balaban J connectivity index is 0.000000584. The third kappa shape index (κ3) is 8.99. The topological polar surface area (TPSA) is 127 Å². The predicted octanol–water partition coefficient (Wildman–Crippen LogP) is 2.59. The third-order valence-electron chi connectivity index (χ3n) is 3.67. The number of benzene rings is 1. The average Bonchev–Trinajstić information content (AvgIpc) is 3.02. The van der Waals surface area contributed by atoms with E-state index in [2.05, 4.69) is 36.1 Å². The highest BCUT2D eigenvalue weighted by Crippen LogP contribution is 2.22. The maximum atomic E-state index is 9.19. The second-order valence-corrected chi connectivity index (χ2v) is 9.21. The summed E-state index contributed by atoms with van der Waals surface area (Å²) in [6, 6.07) is 6.00. The number of aromatic nitrogens is 2. The Labute approximate surface area is 182 Å². The standard InChI is InChI=1S/C15H15BrCl2N4.CH4O3S.H2O/c16-11-7-20-15(21-8-11)22-4-3-13(9-22)19-6-10-1-2-12(17)5-14(10)18;1-5(2,3)4;/h1-2,5,7-8,13,19H,3-4,6,9H2;1H3,(H,2,3,4);1H2/t13-;;/m0../s1. The van der Waals surface area contributed by atoms with Gasteiger partial charge in [0.05, 0.1) is 10.7 Å². The van der Waals surface area contributed by atoms with Crippen LogP contribution in [0.2, 0.25) is 10.0 Å². The minimum absolute atomic E-state index is 0. The molecule has 8 nitrogen and oxygen atoms in total. The van der Waals surface area contributed by atoms with E-state index in [1.54, 1.807) is 18.5 Å². The Morgan fingerprint density at radius 1 is 1.32 bits per heavy atom. The van der Waals surface area contributed by atoms with Gasteiger partial charge in [0.2, 0.25) is 5.95 Å². The first-order chi connectivity index (χ1) is 12.6. The molecule has 0 amide bonds. The lowest BCUT2D eigenvalue weighted by Crippen LogP contribution is -2.32. The lowest BCUT2D eigenvalue weighted by Gasteiger charge is -2.17. The monoisotopic (exact) mass is 514 g/mol. The number of nitrogens with one attached hydrogen (secondary N) is 1. The Bertz CT molecular complexity index is 863. The Hall–Kier alpha value is -1.01. The molecule has 0 bridgehead atoms. The molecule has 0 saturated carbocycles. The van der Waals surface area contributed by atoms with Gasteiger partial charge in [-0.05, 0) is 40.0 Å². The zero-order valence-corrected chi connectivity index (χ0v) is 18.9. The SMILES string of the molecule is CS(=O)(=O)O.Clc1ccc(CN[C@H]2CCN(c3ncc(Br)cn3)C2)c(Cl)c1.O. The molecule has 1 atom stereocenters. The molecular formula is C16H21BrCl2N4O4S. The lowest BCUT2D eigenvalue weighted by atomic mass is 10.2. The molecule has 0 aliphatic carbocycles. The minimum atomic E-state index is -3.67. The molecule has 1 saturated heterocycles. The van der Waals surface area contributed by atoms with E-state index in [0.29, 0.717) is 22.3 Å². The van der Waals surface area contributed by atoms with Crippen molar-refractivity contribution in [3.63, 3.8) is 0 Å². The summed E-state index contributed by atoms with van der Waals surface area (Å²) in [7, 11) is -3.67. The molecular weight excluding hydrogens is 495 g/mol. The average molecular weight is 516 g/mol. The van der Waals surface area contributed by atoms with Gasteiger partial charge >= 0.3 is 0 Å². The quantitative estimate of drug-likeness (QED) is 0.599. The maximum absolute atomic E-state index is 9.19. The molecule has 0 spiro atoms. The van der Waals surface area contributed by atoms with Crippen molar-refractivity contribution in [2.75, 3.05) is 24.2 Å². The van der Waals surface area contributed by atoms with Crippen LogP contribution in [0.1, 0.15) is 12.0 Å². The van der Waals surface area contributed by atoms with Crippen LogP contribution in [-0.4, -0.2) is 53.8 Å². The van der Waals surface area contributed by atoms with Gasteiger partial charge in [-0.25, -0.2) is 9.97 Å². The van der Waals surface area contributed by atoms with Crippen LogP contribution in [0.15, 0.2) is 35.1 Å². The van der Waals surface area contributed by atoms with Crippen molar-refractivity contribution in [3.05, 3.63) is 50.7 Å². The van der Waals surface area contributed by atoms with Crippen LogP contribution in [0.3, 0.4) is 0 Å². The summed E-state index contributed by atoms with van der Waals surface area (Å²) in [6.07, 6.45) is 5.32. The number of hydrogen-bond donors (Lipinski definition) is 2. The van der Waals surface area contributed by atoms with Gasteiger partial charge in [-0.2, -0.15) is 8.42 Å². The predicted molar refractivity (Wildman–Crippen MR) is 115 cm³/mol. The molecule has 2 aromatic rings. The fourth-order valence-electron chi connectivity index (χ4n) is 2.50. The van der Waals surface area contributed by atoms with E-state index in [4.69, 9.17) is 27.8 Å². The number of halogens is 3. The van der Waals surface area contributed by atoms with Crippen molar-refractivity contribution in [1.29, 1.82) is 0 Å². The summed E-state index contributed by atoms with van der Waals surface area (Å²) in [6.45, 7) is 2.58. The van der Waals surface area contributed by atoms with E-state index in [1.807, 2.05) is 12.1 Å². The Kier molecular flexibility index (Phi) is 10.1. The highest BCUT2D eigenvalue weighted by atomic mass is 79.9. The molecule has 4 N–H and O–H groups in total. The summed E-state index contributed by atoms with van der Waals surface area (Å²) in [5, 5.41) is 4.90. The van der Waals surface area contributed by atoms with Gasteiger partial charge in [0, 0.05) is 48.1 Å². The van der Waals surface area contributed by atoms with Crippen LogP contribution in [-0.2, 0) is 16.7 Å². The highest BCUT2D eigenvalue weighted by Gasteiger charge is 2.23. The van der Waals surface area contributed by atoms with E-state index >= 15 is 0 Å².